The number of ketones is 2. The molecule has 4 heteroatoms. The third kappa shape index (κ3) is 2.34. The summed E-state index contributed by atoms with van der Waals surface area (Å²) in [6, 6.07) is 14.0. The van der Waals surface area contributed by atoms with Crippen molar-refractivity contribution in [3.63, 3.8) is 0 Å². The number of carbonyl (C=O) groups excluding carboxylic acids is 3. The number of hydrogen-bond acceptors (Lipinski definition) is 4. The molecule has 28 heavy (non-hydrogen) atoms. The first kappa shape index (κ1) is 16.9. The van der Waals surface area contributed by atoms with Crippen LogP contribution in [-0.2, 0) is 29.0 Å². The number of esters is 1. The van der Waals surface area contributed by atoms with Crippen molar-refractivity contribution in [1.29, 1.82) is 0 Å². The molecule has 1 aliphatic heterocycles. The maximum Gasteiger partial charge on any atom is 0.339 e. The van der Waals surface area contributed by atoms with Gasteiger partial charge in [-0.25, -0.2) is 4.79 Å². The Labute approximate surface area is 162 Å². The van der Waals surface area contributed by atoms with Crippen LogP contribution in [0.5, 0.6) is 0 Å². The Morgan fingerprint density at radius 2 is 1.71 bits per heavy atom. The summed E-state index contributed by atoms with van der Waals surface area (Å²) in [6.45, 7) is 1.67. The highest BCUT2D eigenvalue weighted by Crippen LogP contribution is 2.44. The predicted molar refractivity (Wildman–Crippen MR) is 106 cm³/mol. The Balaban J connectivity index is 1.95. The van der Waals surface area contributed by atoms with E-state index in [1.807, 2.05) is 42.5 Å². The first-order valence-corrected chi connectivity index (χ1v) is 9.44. The number of ether oxygens (including phenoxy) is 1. The molecule has 0 fully saturated rings. The Morgan fingerprint density at radius 3 is 2.54 bits per heavy atom. The number of benzene rings is 3. The Bertz CT molecular complexity index is 1200. The Kier molecular flexibility index (Phi) is 3.69. The van der Waals surface area contributed by atoms with E-state index < -0.39 is 5.97 Å². The zero-order valence-electron chi connectivity index (χ0n) is 15.5. The fraction of sp³-hybridized carbons (Fsp3) is 0.208. The molecule has 2 aliphatic rings. The van der Waals surface area contributed by atoms with Gasteiger partial charge in [0.1, 0.15) is 12.4 Å². The molecule has 0 amide bonds. The third-order valence-corrected chi connectivity index (χ3v) is 5.74. The summed E-state index contributed by atoms with van der Waals surface area (Å²) in [4.78, 5) is 37.4. The molecule has 4 nitrogen and oxygen atoms in total. The lowest BCUT2D eigenvalue weighted by Gasteiger charge is -2.19. The van der Waals surface area contributed by atoms with Gasteiger partial charge < -0.3 is 4.74 Å². The first-order chi connectivity index (χ1) is 13.6. The number of rotatable bonds is 3. The number of cyclic esters (lactones) is 1. The lowest BCUT2D eigenvalue weighted by Crippen LogP contribution is -2.11. The average Bonchev–Trinajstić information content (AvgIpc) is 3.25. The molecule has 1 heterocycles. The van der Waals surface area contributed by atoms with E-state index in [1.165, 1.54) is 0 Å². The zero-order chi connectivity index (χ0) is 19.4. The van der Waals surface area contributed by atoms with Gasteiger partial charge in [0.2, 0.25) is 0 Å². The summed E-state index contributed by atoms with van der Waals surface area (Å²) in [5, 5.41) is 2.08. The van der Waals surface area contributed by atoms with Gasteiger partial charge in [0.15, 0.2) is 5.78 Å². The molecule has 0 saturated heterocycles. The van der Waals surface area contributed by atoms with Crippen molar-refractivity contribution < 1.29 is 19.1 Å². The van der Waals surface area contributed by atoms with Gasteiger partial charge >= 0.3 is 5.97 Å². The molecule has 138 valence electrons. The standard InChI is InChI=1S/C24H18O4/c1-13(25)11-18-17-9-10-20(26)21(17)19-12-28-24(27)23(19)22(18)16-8-4-6-14-5-2-3-7-15(14)16/h2-8H,9-12H2,1H3. The van der Waals surface area contributed by atoms with Crippen molar-refractivity contribution in [3.05, 3.63) is 70.3 Å². The lowest BCUT2D eigenvalue weighted by atomic mass is 9.82. The van der Waals surface area contributed by atoms with Crippen LogP contribution in [0.4, 0.5) is 0 Å². The molecule has 0 radical (unpaired) electrons. The Morgan fingerprint density at radius 1 is 0.929 bits per heavy atom. The van der Waals surface area contributed by atoms with Crippen LogP contribution in [0.2, 0.25) is 0 Å². The quantitative estimate of drug-likeness (QED) is 0.640. The maximum absolute atomic E-state index is 12.7. The molecule has 3 aromatic rings. The molecule has 0 unspecified atom stereocenters. The molecule has 0 spiro atoms. The molecule has 0 atom stereocenters. The van der Waals surface area contributed by atoms with Crippen molar-refractivity contribution in [1.82, 2.24) is 0 Å². The second-order valence-corrected chi connectivity index (χ2v) is 7.47. The SMILES string of the molecule is CC(=O)Cc1c2c(c3c(c1-c1cccc4ccccc14)C(=O)OC3)C(=O)CC2. The maximum atomic E-state index is 12.7. The second kappa shape index (κ2) is 6.13. The van der Waals surface area contributed by atoms with Gasteiger partial charge in [0.25, 0.3) is 0 Å². The molecule has 3 aromatic carbocycles. The fourth-order valence-corrected chi connectivity index (χ4v) is 4.65. The summed E-state index contributed by atoms with van der Waals surface area (Å²) in [6.07, 6.45) is 1.23. The summed E-state index contributed by atoms with van der Waals surface area (Å²) >= 11 is 0. The molecule has 0 aromatic heterocycles. The van der Waals surface area contributed by atoms with Crippen LogP contribution < -0.4 is 0 Å². The number of Topliss-reactive ketones (excluding diaryl/α,β-unsaturated/α-hetero) is 2. The summed E-state index contributed by atoms with van der Waals surface area (Å²) < 4.78 is 5.36. The summed E-state index contributed by atoms with van der Waals surface area (Å²) in [5.74, 6) is -0.363. The Hall–Kier alpha value is -3.27. The molecule has 0 N–H and O–H groups in total. The van der Waals surface area contributed by atoms with Gasteiger partial charge in [0.05, 0.1) is 5.56 Å². The van der Waals surface area contributed by atoms with Crippen LogP contribution in [0.3, 0.4) is 0 Å². The monoisotopic (exact) mass is 370 g/mol. The van der Waals surface area contributed by atoms with Crippen LogP contribution >= 0.6 is 0 Å². The van der Waals surface area contributed by atoms with E-state index in [-0.39, 0.29) is 24.6 Å². The van der Waals surface area contributed by atoms with Gasteiger partial charge in [-0.2, -0.15) is 0 Å². The minimum absolute atomic E-state index is 0.00866. The van der Waals surface area contributed by atoms with Crippen LogP contribution in [0, 0.1) is 0 Å². The van der Waals surface area contributed by atoms with Crippen molar-refractivity contribution in [3.8, 4) is 11.1 Å². The number of carbonyl (C=O) groups is 3. The highest BCUT2D eigenvalue weighted by molar-refractivity contribution is 6.13. The van der Waals surface area contributed by atoms with E-state index in [4.69, 9.17) is 4.74 Å². The molecular formula is C24H18O4. The van der Waals surface area contributed by atoms with Crippen molar-refractivity contribution in [2.45, 2.75) is 32.8 Å². The predicted octanol–water partition coefficient (Wildman–Crippen LogP) is 4.44. The van der Waals surface area contributed by atoms with Gasteiger partial charge in [-0.15, -0.1) is 0 Å². The largest absolute Gasteiger partial charge is 0.457 e. The van der Waals surface area contributed by atoms with Crippen molar-refractivity contribution in [2.24, 2.45) is 0 Å². The van der Waals surface area contributed by atoms with Gasteiger partial charge in [-0.1, -0.05) is 42.5 Å². The van der Waals surface area contributed by atoms with Gasteiger partial charge in [0, 0.05) is 29.5 Å². The van der Waals surface area contributed by atoms with E-state index in [9.17, 15) is 14.4 Å². The number of fused-ring (bicyclic) bond motifs is 4. The second-order valence-electron chi connectivity index (χ2n) is 7.47. The molecule has 0 saturated carbocycles. The van der Waals surface area contributed by atoms with Crippen molar-refractivity contribution in [2.75, 3.05) is 0 Å². The lowest BCUT2D eigenvalue weighted by molar-refractivity contribution is -0.116. The molecule has 0 bridgehead atoms. The van der Waals surface area contributed by atoms with Crippen LogP contribution in [-0.4, -0.2) is 17.5 Å². The summed E-state index contributed by atoms with van der Waals surface area (Å²) in [5.41, 5.74) is 5.16. The van der Waals surface area contributed by atoms with E-state index in [1.54, 1.807) is 6.92 Å². The van der Waals surface area contributed by atoms with Crippen molar-refractivity contribution >= 4 is 28.3 Å². The smallest absolute Gasteiger partial charge is 0.339 e. The first-order valence-electron chi connectivity index (χ1n) is 9.44. The summed E-state index contributed by atoms with van der Waals surface area (Å²) in [7, 11) is 0. The molecular weight excluding hydrogens is 352 g/mol. The molecule has 5 rings (SSSR count). The van der Waals surface area contributed by atoms with E-state index >= 15 is 0 Å². The third-order valence-electron chi connectivity index (χ3n) is 5.74. The zero-order valence-corrected chi connectivity index (χ0v) is 15.5. The average molecular weight is 370 g/mol. The van der Waals surface area contributed by atoms with Crippen LogP contribution in [0.1, 0.15) is 50.8 Å². The van der Waals surface area contributed by atoms with Crippen LogP contribution in [0.25, 0.3) is 21.9 Å². The van der Waals surface area contributed by atoms with Crippen LogP contribution in [0.15, 0.2) is 42.5 Å². The fourth-order valence-electron chi connectivity index (χ4n) is 4.65. The van der Waals surface area contributed by atoms with E-state index in [2.05, 4.69) is 0 Å². The topological polar surface area (TPSA) is 60.4 Å². The minimum Gasteiger partial charge on any atom is -0.457 e. The number of hydrogen-bond donors (Lipinski definition) is 0. The van der Waals surface area contributed by atoms with E-state index in [0.29, 0.717) is 29.5 Å². The molecule has 1 aliphatic carbocycles. The highest BCUT2D eigenvalue weighted by Gasteiger charge is 2.38. The highest BCUT2D eigenvalue weighted by atomic mass is 16.5. The minimum atomic E-state index is -0.412. The van der Waals surface area contributed by atoms with E-state index in [0.717, 1.165) is 33.0 Å². The van der Waals surface area contributed by atoms with Gasteiger partial charge in [-0.3, -0.25) is 9.59 Å². The normalized spacial score (nSPS) is 14.9. The van der Waals surface area contributed by atoms with Gasteiger partial charge in [-0.05, 0) is 40.8 Å².